The van der Waals surface area contributed by atoms with Crippen molar-refractivity contribution in [3.63, 3.8) is 0 Å². The number of rotatable bonds is 6. The molecule has 9 nitrogen and oxygen atoms in total. The number of hydrogen-bond acceptors (Lipinski definition) is 6. The van der Waals surface area contributed by atoms with E-state index < -0.39 is 27.3 Å². The van der Waals surface area contributed by atoms with Crippen LogP contribution in [-0.2, 0) is 34.4 Å². The van der Waals surface area contributed by atoms with E-state index >= 15 is 0 Å². The van der Waals surface area contributed by atoms with E-state index in [-0.39, 0.29) is 57.4 Å². The monoisotopic (exact) mass is 511 g/mol. The Morgan fingerprint density at radius 2 is 1.86 bits per heavy atom. The fraction of sp³-hybridized carbons (Fsp3) is 0.455. The quantitative estimate of drug-likeness (QED) is 0.504. The highest BCUT2D eigenvalue weighted by molar-refractivity contribution is 7.91. The van der Waals surface area contributed by atoms with Crippen LogP contribution in [0.5, 0.6) is 0 Å². The highest BCUT2D eigenvalue weighted by Crippen LogP contribution is 2.35. The third kappa shape index (κ3) is 4.21. The summed E-state index contributed by atoms with van der Waals surface area (Å²) < 4.78 is 68.3. The van der Waals surface area contributed by atoms with Gasteiger partial charge in [0.15, 0.2) is 15.7 Å². The van der Waals surface area contributed by atoms with Crippen molar-refractivity contribution >= 4 is 32.6 Å². The normalized spacial score (nSPS) is 14.5. The number of carbonyl (C=O) groups is 1. The van der Waals surface area contributed by atoms with Gasteiger partial charge in [-0.3, -0.25) is 14.5 Å². The van der Waals surface area contributed by atoms with Crippen molar-refractivity contribution in [2.24, 2.45) is 13.0 Å². The molecule has 1 fully saturated rings. The lowest BCUT2D eigenvalue weighted by Crippen LogP contribution is -2.29. The van der Waals surface area contributed by atoms with Crippen molar-refractivity contribution in [3.8, 4) is 11.5 Å². The first-order valence-electron chi connectivity index (χ1n) is 11.0. The zero-order chi connectivity index (χ0) is 25.9. The first-order valence-corrected chi connectivity index (χ1v) is 12.7. The van der Waals surface area contributed by atoms with E-state index in [9.17, 15) is 31.2 Å². The second-order valence-corrected chi connectivity index (χ2v) is 10.6. The first kappa shape index (κ1) is 24.9. The van der Waals surface area contributed by atoms with Gasteiger partial charge in [-0.15, -0.1) is 0 Å². The molecule has 0 saturated heterocycles. The molecule has 0 N–H and O–H groups in total. The standard InChI is InChI=1S/C22H24F3N5O4S/c1-5-30-15(22(23,24)25)11-13-18(21(30)32)29(4)19(26-13)17-14(35(33,34)6-2)9-10-16(27-17)28(3)20(31)12-7-8-12/h9-12H,5-8H2,1-4H3. The summed E-state index contributed by atoms with van der Waals surface area (Å²) >= 11 is 0. The Labute approximate surface area is 199 Å². The molecule has 3 heterocycles. The molecular formula is C22H24F3N5O4S. The van der Waals surface area contributed by atoms with Gasteiger partial charge in [0.2, 0.25) is 5.91 Å². The molecule has 4 rings (SSSR count). The van der Waals surface area contributed by atoms with Gasteiger partial charge >= 0.3 is 6.18 Å². The van der Waals surface area contributed by atoms with Crippen LogP contribution in [0.15, 0.2) is 27.9 Å². The number of sulfone groups is 1. The summed E-state index contributed by atoms with van der Waals surface area (Å²) in [7, 11) is -0.904. The molecule has 0 radical (unpaired) electrons. The molecule has 13 heteroatoms. The molecule has 0 unspecified atom stereocenters. The van der Waals surface area contributed by atoms with E-state index in [0.717, 1.165) is 18.9 Å². The van der Waals surface area contributed by atoms with Crippen LogP contribution in [0.1, 0.15) is 32.4 Å². The van der Waals surface area contributed by atoms with Gasteiger partial charge in [0, 0.05) is 26.6 Å². The van der Waals surface area contributed by atoms with Gasteiger partial charge in [0.1, 0.15) is 22.7 Å². The Hall–Kier alpha value is -3.22. The van der Waals surface area contributed by atoms with Gasteiger partial charge in [-0.05, 0) is 38.0 Å². The highest BCUT2D eigenvalue weighted by atomic mass is 32.2. The number of halogens is 3. The summed E-state index contributed by atoms with van der Waals surface area (Å²) in [4.78, 5) is 35.3. The minimum absolute atomic E-state index is 0.0970. The minimum Gasteiger partial charge on any atom is -0.321 e. The fourth-order valence-corrected chi connectivity index (χ4v) is 5.00. The van der Waals surface area contributed by atoms with E-state index in [0.29, 0.717) is 4.57 Å². The molecule has 0 aromatic carbocycles. The second kappa shape index (κ2) is 8.47. The molecule has 1 aliphatic rings. The zero-order valence-corrected chi connectivity index (χ0v) is 20.4. The van der Waals surface area contributed by atoms with Crippen molar-refractivity contribution in [1.29, 1.82) is 0 Å². The third-order valence-electron chi connectivity index (χ3n) is 6.11. The molecule has 3 aromatic rings. The van der Waals surface area contributed by atoms with Crippen LogP contribution in [-0.4, -0.2) is 46.2 Å². The molecule has 35 heavy (non-hydrogen) atoms. The number of aromatic nitrogens is 4. The fourth-order valence-electron chi connectivity index (χ4n) is 3.99. The van der Waals surface area contributed by atoms with E-state index in [1.165, 1.54) is 49.5 Å². The van der Waals surface area contributed by atoms with Crippen molar-refractivity contribution in [1.82, 2.24) is 19.1 Å². The number of carbonyl (C=O) groups excluding carboxylic acids is 1. The smallest absolute Gasteiger partial charge is 0.321 e. The van der Waals surface area contributed by atoms with E-state index in [2.05, 4.69) is 9.97 Å². The molecule has 1 aliphatic carbocycles. The van der Waals surface area contributed by atoms with Gasteiger partial charge in [0.05, 0.1) is 16.2 Å². The summed E-state index contributed by atoms with van der Waals surface area (Å²) in [5, 5.41) is 0. The average molecular weight is 512 g/mol. The molecule has 1 amide bonds. The lowest BCUT2D eigenvalue weighted by molar-refractivity contribution is -0.144. The number of amides is 1. The number of alkyl halides is 3. The van der Waals surface area contributed by atoms with Crippen molar-refractivity contribution < 1.29 is 26.4 Å². The number of nitrogens with zero attached hydrogens (tertiary/aromatic N) is 5. The van der Waals surface area contributed by atoms with Crippen LogP contribution in [0.25, 0.3) is 22.6 Å². The van der Waals surface area contributed by atoms with Gasteiger partial charge in [0.25, 0.3) is 5.56 Å². The summed E-state index contributed by atoms with van der Waals surface area (Å²) in [6.07, 6.45) is -3.27. The largest absolute Gasteiger partial charge is 0.431 e. The Kier molecular flexibility index (Phi) is 6.02. The lowest BCUT2D eigenvalue weighted by atomic mass is 10.3. The lowest BCUT2D eigenvalue weighted by Gasteiger charge is -2.18. The first-order chi connectivity index (χ1) is 16.3. The van der Waals surface area contributed by atoms with Crippen LogP contribution in [0.3, 0.4) is 0 Å². The average Bonchev–Trinajstić information content (AvgIpc) is 3.60. The predicted molar refractivity (Wildman–Crippen MR) is 123 cm³/mol. The van der Waals surface area contributed by atoms with Crippen LogP contribution in [0.2, 0.25) is 0 Å². The predicted octanol–water partition coefficient (Wildman–Crippen LogP) is 3.00. The Bertz CT molecular complexity index is 1500. The molecule has 0 atom stereocenters. The van der Waals surface area contributed by atoms with Gasteiger partial charge in [-0.1, -0.05) is 6.92 Å². The van der Waals surface area contributed by atoms with Gasteiger partial charge in [-0.25, -0.2) is 18.4 Å². The second-order valence-electron chi connectivity index (χ2n) is 8.40. The molecule has 188 valence electrons. The Morgan fingerprint density at radius 1 is 1.20 bits per heavy atom. The maximum atomic E-state index is 13.6. The summed E-state index contributed by atoms with van der Waals surface area (Å²) in [6.45, 7) is 2.64. The minimum atomic E-state index is -4.79. The summed E-state index contributed by atoms with van der Waals surface area (Å²) in [6, 6.07) is 3.48. The van der Waals surface area contributed by atoms with Gasteiger partial charge in [-0.2, -0.15) is 13.2 Å². The van der Waals surface area contributed by atoms with Crippen LogP contribution < -0.4 is 10.5 Å². The maximum absolute atomic E-state index is 13.6. The Balaban J connectivity index is 2.01. The SMILES string of the molecule is CCn1c(C(F)(F)F)cc2nc(-c3nc(N(C)C(=O)C4CC4)ccc3S(=O)(=O)CC)n(C)c2c1=O. The number of pyridine rings is 2. The van der Waals surface area contributed by atoms with E-state index in [1.54, 1.807) is 0 Å². The molecule has 1 saturated carbocycles. The maximum Gasteiger partial charge on any atom is 0.431 e. The topological polar surface area (TPSA) is 107 Å². The summed E-state index contributed by atoms with van der Waals surface area (Å²) in [5.41, 5.74) is -2.56. The molecule has 0 spiro atoms. The van der Waals surface area contributed by atoms with Crippen LogP contribution >= 0.6 is 0 Å². The van der Waals surface area contributed by atoms with Crippen molar-refractivity contribution in [3.05, 3.63) is 34.2 Å². The van der Waals surface area contributed by atoms with E-state index in [1.807, 2.05) is 0 Å². The molecule has 0 bridgehead atoms. The number of fused-ring (bicyclic) bond motifs is 1. The van der Waals surface area contributed by atoms with E-state index in [4.69, 9.17) is 0 Å². The van der Waals surface area contributed by atoms with Crippen molar-refractivity contribution in [2.45, 2.75) is 44.3 Å². The van der Waals surface area contributed by atoms with Crippen LogP contribution in [0.4, 0.5) is 19.0 Å². The molecule has 0 aliphatic heterocycles. The van der Waals surface area contributed by atoms with Gasteiger partial charge < -0.3 is 9.13 Å². The number of aryl methyl sites for hydroxylation is 1. The van der Waals surface area contributed by atoms with Crippen LogP contribution in [0, 0.1) is 5.92 Å². The Morgan fingerprint density at radius 3 is 2.40 bits per heavy atom. The number of imidazole rings is 1. The highest BCUT2D eigenvalue weighted by Gasteiger charge is 2.36. The molecular weight excluding hydrogens is 487 g/mol. The summed E-state index contributed by atoms with van der Waals surface area (Å²) in [5.74, 6) is -0.474. The number of anilines is 1. The molecule has 3 aromatic heterocycles. The van der Waals surface area contributed by atoms with Crippen molar-refractivity contribution in [2.75, 3.05) is 17.7 Å². The number of hydrogen-bond donors (Lipinski definition) is 0. The zero-order valence-electron chi connectivity index (χ0n) is 19.5. The third-order valence-corrected chi connectivity index (χ3v) is 7.87.